The highest BCUT2D eigenvalue weighted by molar-refractivity contribution is 5.74. The number of nitrogens with zero attached hydrogens (tertiary/aromatic N) is 1. The molecule has 0 saturated heterocycles. The molecule has 0 fully saturated rings. The zero-order valence-corrected chi connectivity index (χ0v) is 12.7. The lowest BCUT2D eigenvalue weighted by molar-refractivity contribution is 0.200. The molecule has 1 amide bonds. The molecule has 7 heteroatoms. The standard InChI is InChI=1S/C17H15N3O4/c21-15-16(22)20(14-9-5-4-8-13(14)19-15)11-10-18-17(23)24-12-6-2-1-3-7-12/h1-9H,10-11H2,(H,18,23)(H,19,21). The van der Waals surface area contributed by atoms with E-state index in [1.807, 2.05) is 6.07 Å². The summed E-state index contributed by atoms with van der Waals surface area (Å²) < 4.78 is 6.42. The highest BCUT2D eigenvalue weighted by Crippen LogP contribution is 2.08. The van der Waals surface area contributed by atoms with Gasteiger partial charge in [-0.2, -0.15) is 0 Å². The lowest BCUT2D eigenvalue weighted by Crippen LogP contribution is -2.39. The van der Waals surface area contributed by atoms with Crippen molar-refractivity contribution in [1.29, 1.82) is 0 Å². The van der Waals surface area contributed by atoms with Gasteiger partial charge in [0.2, 0.25) is 0 Å². The second-order valence-electron chi connectivity index (χ2n) is 5.06. The summed E-state index contributed by atoms with van der Waals surface area (Å²) in [6.45, 7) is 0.312. The molecule has 2 N–H and O–H groups in total. The van der Waals surface area contributed by atoms with Gasteiger partial charge in [0, 0.05) is 13.1 Å². The first kappa shape index (κ1) is 15.5. The highest BCUT2D eigenvalue weighted by Gasteiger charge is 2.08. The van der Waals surface area contributed by atoms with Crippen LogP contribution in [-0.4, -0.2) is 22.2 Å². The number of nitrogens with one attached hydrogen (secondary N) is 2. The van der Waals surface area contributed by atoms with Crippen LogP contribution in [0.25, 0.3) is 11.0 Å². The molecule has 0 radical (unpaired) electrons. The number of fused-ring (bicyclic) bond motifs is 1. The third-order valence-corrected chi connectivity index (χ3v) is 3.44. The van der Waals surface area contributed by atoms with Gasteiger partial charge in [-0.05, 0) is 24.3 Å². The predicted octanol–water partition coefficient (Wildman–Crippen LogP) is 1.48. The summed E-state index contributed by atoms with van der Waals surface area (Å²) in [4.78, 5) is 38.0. The zero-order chi connectivity index (χ0) is 16.9. The molecule has 0 atom stereocenters. The number of aromatic amines is 1. The Bertz CT molecular complexity index is 976. The van der Waals surface area contributed by atoms with Gasteiger partial charge < -0.3 is 19.6 Å². The predicted molar refractivity (Wildman–Crippen MR) is 89.3 cm³/mol. The molecule has 1 heterocycles. The molecule has 1 aromatic heterocycles. The zero-order valence-electron chi connectivity index (χ0n) is 12.7. The van der Waals surface area contributed by atoms with Crippen LogP contribution in [0, 0.1) is 0 Å². The molecule has 122 valence electrons. The van der Waals surface area contributed by atoms with Gasteiger partial charge >= 0.3 is 17.2 Å². The third kappa shape index (κ3) is 3.35. The summed E-state index contributed by atoms with van der Waals surface area (Å²) in [5.74, 6) is 0.425. The number of carbonyl (C=O) groups is 1. The Morgan fingerprint density at radius 3 is 2.54 bits per heavy atom. The average molecular weight is 325 g/mol. The fourth-order valence-corrected chi connectivity index (χ4v) is 2.35. The Hall–Kier alpha value is -3.35. The van der Waals surface area contributed by atoms with E-state index in [1.54, 1.807) is 48.5 Å². The summed E-state index contributed by atoms with van der Waals surface area (Å²) in [5.41, 5.74) is -0.193. The van der Waals surface area contributed by atoms with Crippen LogP contribution in [0.4, 0.5) is 4.79 Å². The first-order valence-electron chi connectivity index (χ1n) is 7.38. The Morgan fingerprint density at radius 1 is 1.04 bits per heavy atom. The second-order valence-corrected chi connectivity index (χ2v) is 5.06. The van der Waals surface area contributed by atoms with E-state index in [4.69, 9.17) is 4.74 Å². The van der Waals surface area contributed by atoms with Crippen LogP contribution in [0.3, 0.4) is 0 Å². The maximum absolute atomic E-state index is 12.0. The van der Waals surface area contributed by atoms with Gasteiger partial charge in [-0.1, -0.05) is 30.3 Å². The Balaban J connectivity index is 1.70. The maximum atomic E-state index is 12.0. The Labute approximate surface area is 136 Å². The van der Waals surface area contributed by atoms with Crippen LogP contribution in [0.1, 0.15) is 0 Å². The number of para-hydroxylation sites is 3. The number of hydrogen-bond donors (Lipinski definition) is 2. The average Bonchev–Trinajstić information content (AvgIpc) is 2.59. The van der Waals surface area contributed by atoms with E-state index in [0.29, 0.717) is 16.8 Å². The van der Waals surface area contributed by atoms with Crippen LogP contribution in [0.5, 0.6) is 5.75 Å². The maximum Gasteiger partial charge on any atom is 0.412 e. The van der Waals surface area contributed by atoms with Gasteiger partial charge in [0.15, 0.2) is 0 Å². The van der Waals surface area contributed by atoms with E-state index in [0.717, 1.165) is 0 Å². The van der Waals surface area contributed by atoms with Crippen molar-refractivity contribution in [3.8, 4) is 5.75 Å². The number of rotatable bonds is 4. The fraction of sp³-hybridized carbons (Fsp3) is 0.118. The third-order valence-electron chi connectivity index (χ3n) is 3.44. The molecule has 3 rings (SSSR count). The van der Waals surface area contributed by atoms with E-state index in [2.05, 4.69) is 10.3 Å². The van der Waals surface area contributed by atoms with Crippen LogP contribution in [0.15, 0.2) is 64.2 Å². The number of amides is 1. The van der Waals surface area contributed by atoms with Gasteiger partial charge in [0.1, 0.15) is 5.75 Å². The first-order valence-corrected chi connectivity index (χ1v) is 7.38. The van der Waals surface area contributed by atoms with E-state index >= 15 is 0 Å². The molecule has 0 aliphatic carbocycles. The number of H-pyrrole nitrogens is 1. The Kier molecular flexibility index (Phi) is 4.42. The minimum atomic E-state index is -0.694. The van der Waals surface area contributed by atoms with Gasteiger partial charge in [-0.3, -0.25) is 9.59 Å². The number of aromatic nitrogens is 2. The quantitative estimate of drug-likeness (QED) is 0.711. The molecule has 24 heavy (non-hydrogen) atoms. The molecular weight excluding hydrogens is 310 g/mol. The molecule has 7 nitrogen and oxygen atoms in total. The summed E-state index contributed by atoms with van der Waals surface area (Å²) >= 11 is 0. The SMILES string of the molecule is O=C(NCCn1c(=O)c(=O)[nH]c2ccccc21)Oc1ccccc1. The van der Waals surface area contributed by atoms with E-state index in [1.165, 1.54) is 4.57 Å². The van der Waals surface area contributed by atoms with Gasteiger partial charge in [0.05, 0.1) is 11.0 Å². The van der Waals surface area contributed by atoms with Crippen LogP contribution in [-0.2, 0) is 6.54 Å². The fourth-order valence-electron chi connectivity index (χ4n) is 2.35. The Morgan fingerprint density at radius 2 is 1.75 bits per heavy atom. The topological polar surface area (TPSA) is 93.2 Å². The summed E-state index contributed by atoms with van der Waals surface area (Å²) in [5, 5.41) is 2.56. The summed E-state index contributed by atoms with van der Waals surface area (Å²) in [7, 11) is 0. The molecule has 0 aliphatic rings. The molecule has 0 unspecified atom stereocenters. The van der Waals surface area contributed by atoms with Crippen LogP contribution >= 0.6 is 0 Å². The van der Waals surface area contributed by atoms with Crippen molar-refractivity contribution >= 4 is 17.1 Å². The van der Waals surface area contributed by atoms with Gasteiger partial charge in [0.25, 0.3) is 0 Å². The smallest absolute Gasteiger partial charge is 0.410 e. The monoisotopic (exact) mass is 325 g/mol. The van der Waals surface area contributed by atoms with E-state index < -0.39 is 17.2 Å². The molecule has 0 aliphatic heterocycles. The van der Waals surface area contributed by atoms with E-state index in [9.17, 15) is 14.4 Å². The van der Waals surface area contributed by atoms with Crippen molar-refractivity contribution in [2.45, 2.75) is 6.54 Å². The van der Waals surface area contributed by atoms with Gasteiger partial charge in [-0.25, -0.2) is 4.79 Å². The molecule has 0 spiro atoms. The van der Waals surface area contributed by atoms with Crippen molar-refractivity contribution in [3.63, 3.8) is 0 Å². The molecule has 3 aromatic rings. The normalized spacial score (nSPS) is 10.5. The molecular formula is C17H15N3O4. The largest absolute Gasteiger partial charge is 0.412 e. The molecule has 2 aromatic carbocycles. The molecule has 0 bridgehead atoms. The van der Waals surface area contributed by atoms with Crippen molar-refractivity contribution in [2.24, 2.45) is 0 Å². The molecule has 0 saturated carbocycles. The summed E-state index contributed by atoms with van der Waals surface area (Å²) in [6.07, 6.45) is -0.622. The first-order chi connectivity index (χ1) is 11.6. The van der Waals surface area contributed by atoms with E-state index in [-0.39, 0.29) is 13.1 Å². The number of carbonyl (C=O) groups excluding carboxylic acids is 1. The van der Waals surface area contributed by atoms with Crippen LogP contribution in [0.2, 0.25) is 0 Å². The number of ether oxygens (including phenoxy) is 1. The second kappa shape index (κ2) is 6.82. The number of hydrogen-bond acceptors (Lipinski definition) is 4. The van der Waals surface area contributed by atoms with Crippen molar-refractivity contribution in [2.75, 3.05) is 6.54 Å². The van der Waals surface area contributed by atoms with Crippen LogP contribution < -0.4 is 21.2 Å². The highest BCUT2D eigenvalue weighted by atomic mass is 16.6. The van der Waals surface area contributed by atoms with Crippen molar-refractivity contribution in [1.82, 2.24) is 14.9 Å². The van der Waals surface area contributed by atoms with Gasteiger partial charge in [-0.15, -0.1) is 0 Å². The summed E-state index contributed by atoms with van der Waals surface area (Å²) in [6, 6.07) is 15.6. The van der Waals surface area contributed by atoms with Crippen molar-refractivity contribution < 1.29 is 9.53 Å². The lowest BCUT2D eigenvalue weighted by atomic mass is 10.3. The minimum Gasteiger partial charge on any atom is -0.410 e. The lowest BCUT2D eigenvalue weighted by Gasteiger charge is -2.10. The van der Waals surface area contributed by atoms with Crippen molar-refractivity contribution in [3.05, 3.63) is 75.3 Å². The minimum absolute atomic E-state index is 0.152. The number of benzene rings is 2.